The Bertz CT molecular complexity index is 804. The summed E-state index contributed by atoms with van der Waals surface area (Å²) in [6.07, 6.45) is 0.391. The fourth-order valence-corrected chi connectivity index (χ4v) is 3.11. The number of hydrogen-bond donors (Lipinski definition) is 3. The lowest BCUT2D eigenvalue weighted by atomic mass is 10.3. The van der Waals surface area contributed by atoms with Gasteiger partial charge >= 0.3 is 5.97 Å². The van der Waals surface area contributed by atoms with Gasteiger partial charge in [-0.2, -0.15) is 4.72 Å². The standard InChI is InChI=1S/C17H23N3O6S/c1-5-10-18-16(22)12(3)26-17(23)11(2)20-27(24,25)15-8-6-14(7-9-15)19-13(4)21/h5-9,11-12,20H,1,10H2,2-4H3,(H,18,22)(H,19,21)/t11-,12+/m0/s1. The van der Waals surface area contributed by atoms with Crippen molar-refractivity contribution in [2.45, 2.75) is 37.8 Å². The van der Waals surface area contributed by atoms with E-state index >= 15 is 0 Å². The molecular formula is C17H23N3O6S. The third-order valence-electron chi connectivity index (χ3n) is 3.25. The minimum atomic E-state index is -4.00. The van der Waals surface area contributed by atoms with Gasteiger partial charge in [0.15, 0.2) is 6.10 Å². The van der Waals surface area contributed by atoms with Crippen molar-refractivity contribution in [2.75, 3.05) is 11.9 Å². The van der Waals surface area contributed by atoms with Crippen LogP contribution in [0.2, 0.25) is 0 Å². The summed E-state index contributed by atoms with van der Waals surface area (Å²) >= 11 is 0. The Kier molecular flexibility index (Phi) is 8.13. The highest BCUT2D eigenvalue weighted by atomic mass is 32.2. The molecule has 1 aromatic carbocycles. The Labute approximate surface area is 158 Å². The minimum Gasteiger partial charge on any atom is -0.451 e. The highest BCUT2D eigenvalue weighted by molar-refractivity contribution is 7.89. The van der Waals surface area contributed by atoms with E-state index in [1.165, 1.54) is 51.1 Å². The van der Waals surface area contributed by atoms with Crippen molar-refractivity contribution in [1.82, 2.24) is 10.0 Å². The fourth-order valence-electron chi connectivity index (χ4n) is 1.92. The van der Waals surface area contributed by atoms with Crippen LogP contribution in [-0.2, 0) is 29.1 Å². The van der Waals surface area contributed by atoms with Crippen molar-refractivity contribution in [3.63, 3.8) is 0 Å². The Morgan fingerprint density at radius 2 is 1.78 bits per heavy atom. The molecule has 0 aromatic heterocycles. The van der Waals surface area contributed by atoms with Gasteiger partial charge in [0, 0.05) is 19.2 Å². The van der Waals surface area contributed by atoms with E-state index in [4.69, 9.17) is 4.74 Å². The second kappa shape index (κ2) is 9.83. The van der Waals surface area contributed by atoms with Crippen molar-refractivity contribution in [1.29, 1.82) is 0 Å². The topological polar surface area (TPSA) is 131 Å². The van der Waals surface area contributed by atoms with Crippen LogP contribution in [0.1, 0.15) is 20.8 Å². The molecule has 2 atom stereocenters. The van der Waals surface area contributed by atoms with E-state index < -0.39 is 34.0 Å². The maximum Gasteiger partial charge on any atom is 0.324 e. The fraction of sp³-hybridized carbons (Fsp3) is 0.353. The molecule has 1 aromatic rings. The first-order valence-corrected chi connectivity index (χ1v) is 9.54. The SMILES string of the molecule is C=CCNC(=O)[C@@H](C)OC(=O)[C@H](C)NS(=O)(=O)c1ccc(NC(C)=O)cc1. The number of benzene rings is 1. The Morgan fingerprint density at radius 3 is 2.30 bits per heavy atom. The van der Waals surface area contributed by atoms with E-state index in [2.05, 4.69) is 21.9 Å². The lowest BCUT2D eigenvalue weighted by molar-refractivity contribution is -0.155. The monoisotopic (exact) mass is 397 g/mol. The average Bonchev–Trinajstić information content (AvgIpc) is 2.58. The molecule has 0 radical (unpaired) electrons. The van der Waals surface area contributed by atoms with Crippen LogP contribution in [0.4, 0.5) is 5.69 Å². The lowest BCUT2D eigenvalue weighted by Gasteiger charge is -2.17. The van der Waals surface area contributed by atoms with Crippen LogP contribution >= 0.6 is 0 Å². The van der Waals surface area contributed by atoms with Gasteiger partial charge in [0.1, 0.15) is 6.04 Å². The summed E-state index contributed by atoms with van der Waals surface area (Å²) in [5.74, 6) is -1.70. The second-order valence-electron chi connectivity index (χ2n) is 5.66. The Hall–Kier alpha value is -2.72. The maximum absolute atomic E-state index is 12.3. The van der Waals surface area contributed by atoms with Gasteiger partial charge in [0.2, 0.25) is 15.9 Å². The summed E-state index contributed by atoms with van der Waals surface area (Å²) < 4.78 is 31.8. The highest BCUT2D eigenvalue weighted by Gasteiger charge is 2.26. The first kappa shape index (κ1) is 22.3. The third kappa shape index (κ3) is 7.19. The first-order valence-electron chi connectivity index (χ1n) is 8.06. The first-order chi connectivity index (χ1) is 12.6. The molecular weight excluding hydrogens is 374 g/mol. The second-order valence-corrected chi connectivity index (χ2v) is 7.38. The molecule has 10 heteroatoms. The van der Waals surface area contributed by atoms with Crippen LogP contribution in [0.25, 0.3) is 0 Å². The van der Waals surface area contributed by atoms with Crippen molar-refractivity contribution in [3.8, 4) is 0 Å². The van der Waals surface area contributed by atoms with Crippen LogP contribution in [0.15, 0.2) is 41.8 Å². The summed E-state index contributed by atoms with van der Waals surface area (Å²) in [5, 5.41) is 4.98. The van der Waals surface area contributed by atoms with Gasteiger partial charge in [-0.05, 0) is 38.1 Å². The summed E-state index contributed by atoms with van der Waals surface area (Å²) in [4.78, 5) is 34.6. The van der Waals surface area contributed by atoms with Gasteiger partial charge in [-0.1, -0.05) is 6.08 Å². The number of nitrogens with one attached hydrogen (secondary N) is 3. The zero-order valence-electron chi connectivity index (χ0n) is 15.3. The number of rotatable bonds is 9. The van der Waals surface area contributed by atoms with Crippen molar-refractivity contribution in [2.24, 2.45) is 0 Å². The van der Waals surface area contributed by atoms with Crippen molar-refractivity contribution < 1.29 is 27.5 Å². The normalized spacial score (nSPS) is 13.1. The summed E-state index contributed by atoms with van der Waals surface area (Å²) in [7, 11) is -4.00. The number of amides is 2. The van der Waals surface area contributed by atoms with Crippen LogP contribution < -0.4 is 15.4 Å². The van der Waals surface area contributed by atoms with Crippen LogP contribution in [-0.4, -0.2) is 44.9 Å². The van der Waals surface area contributed by atoms with Gasteiger partial charge in [0.05, 0.1) is 4.90 Å². The molecule has 0 fully saturated rings. The van der Waals surface area contributed by atoms with E-state index in [-0.39, 0.29) is 17.3 Å². The predicted octanol–water partition coefficient (Wildman–Crippen LogP) is 0.546. The Morgan fingerprint density at radius 1 is 1.19 bits per heavy atom. The molecule has 0 aliphatic heterocycles. The van der Waals surface area contributed by atoms with Gasteiger partial charge in [-0.15, -0.1) is 6.58 Å². The smallest absolute Gasteiger partial charge is 0.324 e. The largest absolute Gasteiger partial charge is 0.451 e. The lowest BCUT2D eigenvalue weighted by Crippen LogP contribution is -2.43. The number of carbonyl (C=O) groups excluding carboxylic acids is 3. The molecule has 2 amide bonds. The molecule has 0 heterocycles. The number of anilines is 1. The molecule has 1 rings (SSSR count). The van der Waals surface area contributed by atoms with Crippen LogP contribution in [0, 0.1) is 0 Å². The molecule has 148 valence electrons. The predicted molar refractivity (Wildman–Crippen MR) is 99.3 cm³/mol. The van der Waals surface area contributed by atoms with E-state index in [9.17, 15) is 22.8 Å². The zero-order chi connectivity index (χ0) is 20.6. The molecule has 0 saturated heterocycles. The average molecular weight is 397 g/mol. The molecule has 27 heavy (non-hydrogen) atoms. The maximum atomic E-state index is 12.3. The number of ether oxygens (including phenoxy) is 1. The quantitative estimate of drug-likeness (QED) is 0.412. The molecule has 0 aliphatic carbocycles. The van der Waals surface area contributed by atoms with E-state index in [0.717, 1.165) is 0 Å². The van der Waals surface area contributed by atoms with Crippen molar-refractivity contribution >= 4 is 33.5 Å². The summed E-state index contributed by atoms with van der Waals surface area (Å²) in [5.41, 5.74) is 0.438. The summed E-state index contributed by atoms with van der Waals surface area (Å²) in [6.45, 7) is 7.68. The van der Waals surface area contributed by atoms with E-state index in [1.54, 1.807) is 0 Å². The molecule has 0 unspecified atom stereocenters. The molecule has 9 nitrogen and oxygen atoms in total. The van der Waals surface area contributed by atoms with Gasteiger partial charge in [-0.3, -0.25) is 14.4 Å². The van der Waals surface area contributed by atoms with Gasteiger partial charge in [-0.25, -0.2) is 8.42 Å². The number of carbonyl (C=O) groups is 3. The van der Waals surface area contributed by atoms with Gasteiger partial charge in [0.25, 0.3) is 5.91 Å². The number of sulfonamides is 1. The van der Waals surface area contributed by atoms with Gasteiger partial charge < -0.3 is 15.4 Å². The third-order valence-corrected chi connectivity index (χ3v) is 4.81. The number of hydrogen-bond acceptors (Lipinski definition) is 6. The molecule has 0 aliphatic rings. The number of esters is 1. The molecule has 0 saturated carbocycles. The Balaban J connectivity index is 2.71. The molecule has 0 bridgehead atoms. The molecule has 0 spiro atoms. The van der Waals surface area contributed by atoms with Crippen LogP contribution in [0.3, 0.4) is 0 Å². The molecule has 3 N–H and O–H groups in total. The highest BCUT2D eigenvalue weighted by Crippen LogP contribution is 2.14. The van der Waals surface area contributed by atoms with Crippen LogP contribution in [0.5, 0.6) is 0 Å². The minimum absolute atomic E-state index is 0.0898. The van der Waals surface area contributed by atoms with E-state index in [0.29, 0.717) is 5.69 Å². The summed E-state index contributed by atoms with van der Waals surface area (Å²) in [6, 6.07) is 4.21. The van der Waals surface area contributed by atoms with Crippen molar-refractivity contribution in [3.05, 3.63) is 36.9 Å². The van der Waals surface area contributed by atoms with E-state index in [1.807, 2.05) is 0 Å². The zero-order valence-corrected chi connectivity index (χ0v) is 16.1.